The zero-order chi connectivity index (χ0) is 19.7. The lowest BCUT2D eigenvalue weighted by Crippen LogP contribution is -2.32. The summed E-state index contributed by atoms with van der Waals surface area (Å²) in [6.45, 7) is 0. The van der Waals surface area contributed by atoms with E-state index in [0.29, 0.717) is 22.5 Å². The number of imidazole rings is 1. The van der Waals surface area contributed by atoms with Gasteiger partial charge in [-0.3, -0.25) is 9.36 Å². The predicted molar refractivity (Wildman–Crippen MR) is 104 cm³/mol. The molecule has 28 heavy (non-hydrogen) atoms. The summed E-state index contributed by atoms with van der Waals surface area (Å²) in [6, 6.07) is 8.76. The molecule has 10 heteroatoms. The fourth-order valence-electron chi connectivity index (χ4n) is 3.16. The number of nitrogens with zero attached hydrogens (tertiary/aromatic N) is 4. The summed E-state index contributed by atoms with van der Waals surface area (Å²) in [5.74, 6) is 0.489. The minimum absolute atomic E-state index is 0.256. The molecule has 3 aromatic rings. The lowest BCUT2D eigenvalue weighted by atomic mass is 10.1. The van der Waals surface area contributed by atoms with Crippen molar-refractivity contribution >= 4 is 34.7 Å². The Bertz CT molecular complexity index is 983. The molecule has 4 rings (SSSR count). The third kappa shape index (κ3) is 3.35. The third-order valence-electron chi connectivity index (χ3n) is 4.57. The van der Waals surface area contributed by atoms with Gasteiger partial charge >= 0.3 is 0 Å². The summed E-state index contributed by atoms with van der Waals surface area (Å²) in [5, 5.41) is 23.4. The first-order valence-corrected chi connectivity index (χ1v) is 10.0. The first-order chi connectivity index (χ1) is 13.6. The molecule has 146 valence electrons. The van der Waals surface area contributed by atoms with Crippen LogP contribution in [0.5, 0.6) is 0 Å². The number of carbonyl (C=O) groups is 1. The van der Waals surface area contributed by atoms with Crippen molar-refractivity contribution in [3.8, 4) is 0 Å². The normalized spacial score (nSPS) is 24.5. The summed E-state index contributed by atoms with van der Waals surface area (Å²) in [4.78, 5) is 25.0. The van der Waals surface area contributed by atoms with Crippen molar-refractivity contribution in [1.82, 2.24) is 19.5 Å². The molecule has 1 fully saturated rings. The van der Waals surface area contributed by atoms with Crippen LogP contribution in [-0.4, -0.2) is 66.0 Å². The van der Waals surface area contributed by atoms with E-state index in [-0.39, 0.29) is 11.7 Å². The fraction of sp³-hybridized carbons (Fsp3) is 0.333. The number of amides is 1. The first kappa shape index (κ1) is 18.8. The number of fused-ring (bicyclic) bond motifs is 1. The van der Waals surface area contributed by atoms with Gasteiger partial charge in [-0.1, -0.05) is 18.2 Å². The summed E-state index contributed by atoms with van der Waals surface area (Å²) >= 11 is 1.52. The quantitative estimate of drug-likeness (QED) is 0.580. The van der Waals surface area contributed by atoms with Gasteiger partial charge in [0.05, 0.1) is 12.4 Å². The standard InChI is InChI=1S/C18H19N5O4S/c1-28-7-11-13(24)14(25)18(27-11)23-9-21-12-15(19-8-20-16(12)23)22-17(26)10-5-3-2-4-6-10/h2-6,8-9,11,13-14,18,24-25H,7H2,1H3,(H,19,20,22,26)/t11-,13-,14+,18-/m1/s1. The summed E-state index contributed by atoms with van der Waals surface area (Å²) in [6.07, 6.45) is 1.21. The highest BCUT2D eigenvalue weighted by atomic mass is 32.2. The maximum Gasteiger partial charge on any atom is 0.256 e. The van der Waals surface area contributed by atoms with Crippen molar-refractivity contribution in [3.05, 3.63) is 48.5 Å². The number of thioether (sulfide) groups is 1. The molecule has 0 bridgehead atoms. The number of benzene rings is 1. The SMILES string of the molecule is CSC[C@H]1O[C@@H](n2cnc3c(NC(=O)c4ccccc4)ncnc32)[C@@H](O)[C@@H]1O. The van der Waals surface area contributed by atoms with Crippen LogP contribution in [-0.2, 0) is 4.74 Å². The fourth-order valence-corrected chi connectivity index (χ4v) is 3.76. The van der Waals surface area contributed by atoms with Crippen LogP contribution in [0, 0.1) is 0 Å². The molecule has 0 aliphatic carbocycles. The van der Waals surface area contributed by atoms with Crippen LogP contribution in [0.1, 0.15) is 16.6 Å². The van der Waals surface area contributed by atoms with E-state index in [0.717, 1.165) is 0 Å². The molecule has 1 aromatic carbocycles. The van der Waals surface area contributed by atoms with Crippen LogP contribution in [0.4, 0.5) is 5.82 Å². The molecule has 0 unspecified atom stereocenters. The van der Waals surface area contributed by atoms with Gasteiger partial charge in [-0.15, -0.1) is 0 Å². The zero-order valence-electron chi connectivity index (χ0n) is 15.0. The molecule has 3 heterocycles. The van der Waals surface area contributed by atoms with E-state index in [2.05, 4.69) is 20.3 Å². The lowest BCUT2D eigenvalue weighted by molar-refractivity contribution is -0.0288. The lowest BCUT2D eigenvalue weighted by Gasteiger charge is -2.16. The number of aliphatic hydroxyl groups is 2. The van der Waals surface area contributed by atoms with Crippen molar-refractivity contribution in [1.29, 1.82) is 0 Å². The van der Waals surface area contributed by atoms with E-state index in [1.807, 2.05) is 12.3 Å². The largest absolute Gasteiger partial charge is 0.387 e. The molecule has 3 N–H and O–H groups in total. The Morgan fingerprint density at radius 3 is 2.75 bits per heavy atom. The van der Waals surface area contributed by atoms with E-state index in [4.69, 9.17) is 4.74 Å². The molecular formula is C18H19N5O4S. The maximum atomic E-state index is 12.4. The predicted octanol–water partition coefficient (Wildman–Crippen LogP) is 1.06. The molecule has 1 aliphatic rings. The van der Waals surface area contributed by atoms with Crippen molar-refractivity contribution < 1.29 is 19.7 Å². The number of hydrogen-bond donors (Lipinski definition) is 3. The van der Waals surface area contributed by atoms with Crippen LogP contribution < -0.4 is 5.32 Å². The van der Waals surface area contributed by atoms with Gasteiger partial charge in [0.25, 0.3) is 5.91 Å². The van der Waals surface area contributed by atoms with Crippen LogP contribution in [0.15, 0.2) is 43.0 Å². The first-order valence-electron chi connectivity index (χ1n) is 8.64. The minimum Gasteiger partial charge on any atom is -0.387 e. The summed E-state index contributed by atoms with van der Waals surface area (Å²) in [5.41, 5.74) is 1.25. The molecule has 0 radical (unpaired) electrons. The smallest absolute Gasteiger partial charge is 0.256 e. The Labute approximate surface area is 164 Å². The van der Waals surface area contributed by atoms with Gasteiger partial charge in [-0.05, 0) is 18.4 Å². The minimum atomic E-state index is -1.12. The zero-order valence-corrected chi connectivity index (χ0v) is 15.8. The number of nitrogens with one attached hydrogen (secondary N) is 1. The molecular weight excluding hydrogens is 382 g/mol. The van der Waals surface area contributed by atoms with Crippen molar-refractivity contribution in [2.24, 2.45) is 0 Å². The van der Waals surface area contributed by atoms with Crippen LogP contribution in [0.2, 0.25) is 0 Å². The number of anilines is 1. The molecule has 1 amide bonds. The topological polar surface area (TPSA) is 122 Å². The molecule has 1 aliphatic heterocycles. The summed E-state index contributed by atoms with van der Waals surface area (Å²) in [7, 11) is 0. The maximum absolute atomic E-state index is 12.4. The molecule has 0 spiro atoms. The van der Waals surface area contributed by atoms with E-state index < -0.39 is 24.5 Å². The number of carbonyl (C=O) groups excluding carboxylic acids is 1. The van der Waals surface area contributed by atoms with Crippen LogP contribution >= 0.6 is 11.8 Å². The Morgan fingerprint density at radius 1 is 1.21 bits per heavy atom. The van der Waals surface area contributed by atoms with Gasteiger partial charge in [0.1, 0.15) is 18.5 Å². The number of hydrogen-bond acceptors (Lipinski definition) is 8. The number of aliphatic hydroxyl groups excluding tert-OH is 2. The highest BCUT2D eigenvalue weighted by Gasteiger charge is 2.44. The number of ether oxygens (including phenoxy) is 1. The van der Waals surface area contributed by atoms with Crippen molar-refractivity contribution in [2.45, 2.75) is 24.5 Å². The molecule has 1 saturated heterocycles. The summed E-state index contributed by atoms with van der Waals surface area (Å²) < 4.78 is 7.37. The molecule has 9 nitrogen and oxygen atoms in total. The van der Waals surface area contributed by atoms with Crippen molar-refractivity contribution in [3.63, 3.8) is 0 Å². The highest BCUT2D eigenvalue weighted by molar-refractivity contribution is 7.98. The van der Waals surface area contributed by atoms with Gasteiger partial charge in [0.2, 0.25) is 0 Å². The van der Waals surface area contributed by atoms with Gasteiger partial charge in [0, 0.05) is 11.3 Å². The third-order valence-corrected chi connectivity index (χ3v) is 5.23. The second kappa shape index (κ2) is 7.84. The van der Waals surface area contributed by atoms with E-state index in [1.54, 1.807) is 28.8 Å². The number of aromatic nitrogens is 4. The second-order valence-corrected chi connectivity index (χ2v) is 7.28. The highest BCUT2D eigenvalue weighted by Crippen LogP contribution is 2.33. The van der Waals surface area contributed by atoms with E-state index in [9.17, 15) is 15.0 Å². The molecule has 4 atom stereocenters. The van der Waals surface area contributed by atoms with Crippen LogP contribution in [0.25, 0.3) is 11.2 Å². The monoisotopic (exact) mass is 401 g/mol. The molecule has 0 saturated carbocycles. The van der Waals surface area contributed by atoms with Gasteiger partial charge in [-0.2, -0.15) is 11.8 Å². The number of rotatable bonds is 5. The van der Waals surface area contributed by atoms with Crippen molar-refractivity contribution in [2.75, 3.05) is 17.3 Å². The van der Waals surface area contributed by atoms with Crippen LogP contribution in [0.3, 0.4) is 0 Å². The Morgan fingerprint density at radius 2 is 2.00 bits per heavy atom. The average molecular weight is 401 g/mol. The Balaban J connectivity index is 1.63. The Kier molecular flexibility index (Phi) is 5.27. The second-order valence-electron chi connectivity index (χ2n) is 6.37. The van der Waals surface area contributed by atoms with Gasteiger partial charge in [-0.25, -0.2) is 15.0 Å². The van der Waals surface area contributed by atoms with Gasteiger partial charge in [0.15, 0.2) is 23.2 Å². The van der Waals surface area contributed by atoms with Gasteiger partial charge < -0.3 is 20.3 Å². The van der Waals surface area contributed by atoms with E-state index >= 15 is 0 Å². The Hall–Kier alpha value is -2.53. The average Bonchev–Trinajstić information content (AvgIpc) is 3.26. The molecule has 2 aromatic heterocycles. The van der Waals surface area contributed by atoms with E-state index in [1.165, 1.54) is 24.4 Å².